The van der Waals surface area contributed by atoms with Gasteiger partial charge in [-0.3, -0.25) is 4.79 Å². The van der Waals surface area contributed by atoms with Crippen LogP contribution < -0.4 is 10.2 Å². The van der Waals surface area contributed by atoms with Gasteiger partial charge < -0.3 is 15.1 Å². The molecule has 27 heavy (non-hydrogen) atoms. The van der Waals surface area contributed by atoms with Crippen molar-refractivity contribution in [2.75, 3.05) is 62.3 Å². The van der Waals surface area contributed by atoms with Crippen molar-refractivity contribution in [2.24, 2.45) is 5.92 Å². The summed E-state index contributed by atoms with van der Waals surface area (Å²) in [6.07, 6.45) is 1.45. The average molecular weight is 395 g/mol. The van der Waals surface area contributed by atoms with Crippen LogP contribution in [0.2, 0.25) is 0 Å². The van der Waals surface area contributed by atoms with E-state index >= 15 is 0 Å². The van der Waals surface area contributed by atoms with Crippen LogP contribution in [-0.4, -0.2) is 75.6 Å². The number of hydrogen-bond acceptors (Lipinski definition) is 5. The molecule has 1 N–H and O–H groups in total. The van der Waals surface area contributed by atoms with Crippen molar-refractivity contribution in [2.45, 2.75) is 19.8 Å². The molecule has 0 aromatic heterocycles. The Balaban J connectivity index is 1.57. The predicted octanol–water partition coefficient (Wildman–Crippen LogP) is 1.44. The zero-order chi connectivity index (χ0) is 19.4. The highest BCUT2D eigenvalue weighted by atomic mass is 32.2. The Bertz CT molecular complexity index is 743. The third kappa shape index (κ3) is 5.00. The van der Waals surface area contributed by atoms with Crippen molar-refractivity contribution in [3.05, 3.63) is 24.3 Å². The van der Waals surface area contributed by atoms with Crippen LogP contribution >= 0.6 is 0 Å². The molecular weight excluding hydrogens is 364 g/mol. The maximum atomic E-state index is 12.6. The molecular formula is C19H30N4O3S. The van der Waals surface area contributed by atoms with E-state index < -0.39 is 10.0 Å². The zero-order valence-corrected chi connectivity index (χ0v) is 17.0. The SMILES string of the molecule is CCS(=O)(=O)N1CCC[C@H](C(=O)Nc2ccc(N3CCN(C)CC3)cc2)C1. The zero-order valence-electron chi connectivity index (χ0n) is 16.2. The molecule has 8 heteroatoms. The van der Waals surface area contributed by atoms with Crippen molar-refractivity contribution in [1.29, 1.82) is 0 Å². The van der Waals surface area contributed by atoms with E-state index in [1.54, 1.807) is 6.92 Å². The van der Waals surface area contributed by atoms with Crippen LogP contribution in [0.1, 0.15) is 19.8 Å². The Morgan fingerprint density at radius 2 is 1.78 bits per heavy atom. The fraction of sp³-hybridized carbons (Fsp3) is 0.632. The molecule has 7 nitrogen and oxygen atoms in total. The van der Waals surface area contributed by atoms with Crippen molar-refractivity contribution < 1.29 is 13.2 Å². The number of amides is 1. The summed E-state index contributed by atoms with van der Waals surface area (Å²) in [6, 6.07) is 7.93. The molecule has 3 rings (SSSR count). The molecule has 2 aliphatic heterocycles. The van der Waals surface area contributed by atoms with Gasteiger partial charge in [-0.25, -0.2) is 12.7 Å². The third-order valence-electron chi connectivity index (χ3n) is 5.52. The maximum absolute atomic E-state index is 12.6. The Kier molecular flexibility index (Phi) is 6.39. The van der Waals surface area contributed by atoms with Crippen LogP contribution in [0.25, 0.3) is 0 Å². The fourth-order valence-corrected chi connectivity index (χ4v) is 4.84. The average Bonchev–Trinajstić information content (AvgIpc) is 2.69. The van der Waals surface area contributed by atoms with E-state index in [9.17, 15) is 13.2 Å². The number of nitrogens with zero attached hydrogens (tertiary/aromatic N) is 3. The van der Waals surface area contributed by atoms with Gasteiger partial charge in [0.15, 0.2) is 0 Å². The summed E-state index contributed by atoms with van der Waals surface area (Å²) in [5, 5.41) is 2.95. The Labute approximate surface area is 162 Å². The van der Waals surface area contributed by atoms with Gasteiger partial charge in [-0.15, -0.1) is 0 Å². The van der Waals surface area contributed by atoms with Gasteiger partial charge in [0.05, 0.1) is 11.7 Å². The van der Waals surface area contributed by atoms with E-state index in [0.717, 1.165) is 44.7 Å². The fourth-order valence-electron chi connectivity index (χ4n) is 3.66. The van der Waals surface area contributed by atoms with E-state index in [2.05, 4.69) is 22.2 Å². The minimum Gasteiger partial charge on any atom is -0.369 e. The van der Waals surface area contributed by atoms with Crippen molar-refractivity contribution in [1.82, 2.24) is 9.21 Å². The van der Waals surface area contributed by atoms with Gasteiger partial charge in [-0.2, -0.15) is 0 Å². The number of carbonyl (C=O) groups excluding carboxylic acids is 1. The molecule has 0 spiro atoms. The van der Waals surface area contributed by atoms with Gasteiger partial charge in [0.2, 0.25) is 15.9 Å². The number of sulfonamides is 1. The summed E-state index contributed by atoms with van der Waals surface area (Å²) < 4.78 is 25.6. The van der Waals surface area contributed by atoms with Gasteiger partial charge in [0.25, 0.3) is 0 Å². The lowest BCUT2D eigenvalue weighted by molar-refractivity contribution is -0.120. The summed E-state index contributed by atoms with van der Waals surface area (Å²) in [6.45, 7) is 6.55. The summed E-state index contributed by atoms with van der Waals surface area (Å²) in [5.74, 6) is -0.314. The second-order valence-corrected chi connectivity index (χ2v) is 9.68. The molecule has 2 fully saturated rings. The first-order valence-electron chi connectivity index (χ1n) is 9.71. The molecule has 150 valence electrons. The van der Waals surface area contributed by atoms with E-state index in [1.165, 1.54) is 9.99 Å². The van der Waals surface area contributed by atoms with Crippen LogP contribution in [0.4, 0.5) is 11.4 Å². The van der Waals surface area contributed by atoms with E-state index in [4.69, 9.17) is 0 Å². The molecule has 1 aromatic rings. The predicted molar refractivity (Wildman–Crippen MR) is 109 cm³/mol. The monoisotopic (exact) mass is 394 g/mol. The first-order valence-corrected chi connectivity index (χ1v) is 11.3. The van der Waals surface area contributed by atoms with Crippen LogP contribution in [0.3, 0.4) is 0 Å². The summed E-state index contributed by atoms with van der Waals surface area (Å²) >= 11 is 0. The first-order chi connectivity index (χ1) is 12.9. The number of piperazine rings is 1. The molecule has 2 aliphatic rings. The van der Waals surface area contributed by atoms with Crippen LogP contribution in [0.5, 0.6) is 0 Å². The number of anilines is 2. The summed E-state index contributed by atoms with van der Waals surface area (Å²) in [4.78, 5) is 17.3. The first kappa shape index (κ1) is 20.1. The van der Waals surface area contributed by atoms with E-state index in [-0.39, 0.29) is 24.1 Å². The lowest BCUT2D eigenvalue weighted by Crippen LogP contribution is -2.44. The second-order valence-electron chi connectivity index (χ2n) is 7.42. The van der Waals surface area contributed by atoms with Crippen molar-refractivity contribution >= 4 is 27.3 Å². The van der Waals surface area contributed by atoms with Gasteiger partial charge in [0, 0.05) is 50.6 Å². The lowest BCUT2D eigenvalue weighted by Gasteiger charge is -2.34. The molecule has 0 bridgehead atoms. The quantitative estimate of drug-likeness (QED) is 0.818. The molecule has 0 saturated carbocycles. The summed E-state index contributed by atoms with van der Waals surface area (Å²) in [7, 11) is -1.11. The number of benzene rings is 1. The van der Waals surface area contributed by atoms with Gasteiger partial charge in [-0.05, 0) is 51.1 Å². The molecule has 1 amide bonds. The van der Waals surface area contributed by atoms with Crippen LogP contribution in [-0.2, 0) is 14.8 Å². The lowest BCUT2D eigenvalue weighted by atomic mass is 9.98. The third-order valence-corrected chi connectivity index (χ3v) is 7.36. The number of nitrogens with one attached hydrogen (secondary N) is 1. The van der Waals surface area contributed by atoms with Crippen LogP contribution in [0, 0.1) is 5.92 Å². The number of rotatable bonds is 5. The van der Waals surface area contributed by atoms with Gasteiger partial charge >= 0.3 is 0 Å². The molecule has 0 radical (unpaired) electrons. The summed E-state index contributed by atoms with van der Waals surface area (Å²) in [5.41, 5.74) is 1.92. The van der Waals surface area contributed by atoms with Gasteiger partial charge in [0.1, 0.15) is 0 Å². The Morgan fingerprint density at radius 3 is 2.41 bits per heavy atom. The highest BCUT2D eigenvalue weighted by molar-refractivity contribution is 7.89. The number of carbonyl (C=O) groups is 1. The largest absolute Gasteiger partial charge is 0.369 e. The van der Waals surface area contributed by atoms with Crippen LogP contribution in [0.15, 0.2) is 24.3 Å². The highest BCUT2D eigenvalue weighted by Crippen LogP contribution is 2.23. The molecule has 1 atom stereocenters. The number of piperidine rings is 1. The molecule has 1 aromatic carbocycles. The maximum Gasteiger partial charge on any atom is 0.228 e. The van der Waals surface area contributed by atoms with Crippen molar-refractivity contribution in [3.63, 3.8) is 0 Å². The highest BCUT2D eigenvalue weighted by Gasteiger charge is 2.31. The number of hydrogen-bond donors (Lipinski definition) is 1. The molecule has 2 heterocycles. The Hall–Kier alpha value is -1.64. The normalized spacial score (nSPS) is 22.6. The standard InChI is InChI=1S/C19H30N4O3S/c1-3-27(25,26)23-10-4-5-16(15-23)19(24)20-17-6-8-18(9-7-17)22-13-11-21(2)12-14-22/h6-9,16H,3-5,10-15H2,1-2H3,(H,20,24)/t16-/m0/s1. The Morgan fingerprint density at radius 1 is 1.11 bits per heavy atom. The smallest absolute Gasteiger partial charge is 0.228 e. The topological polar surface area (TPSA) is 73.0 Å². The van der Waals surface area contributed by atoms with E-state index in [0.29, 0.717) is 6.54 Å². The molecule has 0 aliphatic carbocycles. The number of likely N-dealkylation sites (N-methyl/N-ethyl adjacent to an activating group) is 1. The van der Waals surface area contributed by atoms with Gasteiger partial charge in [-0.1, -0.05) is 0 Å². The molecule has 0 unspecified atom stereocenters. The second kappa shape index (κ2) is 8.58. The van der Waals surface area contributed by atoms with Crippen molar-refractivity contribution in [3.8, 4) is 0 Å². The minimum absolute atomic E-state index is 0.0785. The van der Waals surface area contributed by atoms with E-state index in [1.807, 2.05) is 24.3 Å². The molecule has 2 saturated heterocycles. The minimum atomic E-state index is -3.24.